The molecular weight excluding hydrogens is 254 g/mol. The average molecular weight is 279 g/mol. The first-order chi connectivity index (χ1) is 10.4. The first-order valence-electron chi connectivity index (χ1n) is 8.26. The van der Waals surface area contributed by atoms with Crippen molar-refractivity contribution >= 4 is 5.69 Å². The third-order valence-corrected chi connectivity index (χ3v) is 4.76. The molecule has 0 bridgehead atoms. The van der Waals surface area contributed by atoms with Crippen LogP contribution in [0.15, 0.2) is 54.6 Å². The molecule has 0 spiro atoms. The molecule has 2 aromatic carbocycles. The van der Waals surface area contributed by atoms with E-state index >= 15 is 0 Å². The van der Waals surface area contributed by atoms with E-state index in [2.05, 4.69) is 66.8 Å². The van der Waals surface area contributed by atoms with Crippen LogP contribution >= 0.6 is 0 Å². The molecule has 1 fully saturated rings. The highest BCUT2D eigenvalue weighted by Crippen LogP contribution is 2.34. The fourth-order valence-corrected chi connectivity index (χ4v) is 3.49. The minimum Gasteiger partial charge on any atom is -0.382 e. The van der Waals surface area contributed by atoms with Crippen LogP contribution < -0.4 is 5.32 Å². The van der Waals surface area contributed by atoms with E-state index in [-0.39, 0.29) is 0 Å². The highest BCUT2D eigenvalue weighted by atomic mass is 14.9. The van der Waals surface area contributed by atoms with E-state index in [0.717, 1.165) is 12.3 Å². The predicted octanol–water partition coefficient (Wildman–Crippen LogP) is 5.39. The minimum atomic E-state index is 0.637. The number of para-hydroxylation sites is 1. The van der Waals surface area contributed by atoms with Crippen LogP contribution in [0.25, 0.3) is 0 Å². The van der Waals surface area contributed by atoms with Gasteiger partial charge in [0.15, 0.2) is 0 Å². The molecular formula is C20H25N. The Bertz CT molecular complexity index is 553. The van der Waals surface area contributed by atoms with Gasteiger partial charge in [-0.3, -0.25) is 0 Å². The summed E-state index contributed by atoms with van der Waals surface area (Å²) in [6, 6.07) is 20.4. The van der Waals surface area contributed by atoms with E-state index in [4.69, 9.17) is 0 Å². The van der Waals surface area contributed by atoms with E-state index < -0.39 is 0 Å². The van der Waals surface area contributed by atoms with Crippen LogP contribution in [-0.4, -0.2) is 6.04 Å². The number of hydrogen-bond donors (Lipinski definition) is 1. The van der Waals surface area contributed by atoms with Crippen molar-refractivity contribution in [3.8, 4) is 0 Å². The van der Waals surface area contributed by atoms with Gasteiger partial charge in [0.2, 0.25) is 0 Å². The Balaban J connectivity index is 1.59. The maximum absolute atomic E-state index is 3.77. The van der Waals surface area contributed by atoms with Crippen molar-refractivity contribution in [2.75, 3.05) is 5.32 Å². The van der Waals surface area contributed by atoms with Crippen molar-refractivity contribution in [1.29, 1.82) is 0 Å². The number of hydrogen-bond acceptors (Lipinski definition) is 1. The summed E-state index contributed by atoms with van der Waals surface area (Å²) >= 11 is 0. The van der Waals surface area contributed by atoms with Gasteiger partial charge in [-0.2, -0.15) is 0 Å². The lowest BCUT2D eigenvalue weighted by Crippen LogP contribution is -2.25. The number of rotatable bonds is 4. The lowest BCUT2D eigenvalue weighted by atomic mass is 9.81. The first kappa shape index (κ1) is 14.2. The van der Waals surface area contributed by atoms with Crippen LogP contribution in [0.4, 0.5) is 5.69 Å². The number of benzene rings is 2. The van der Waals surface area contributed by atoms with Gasteiger partial charge < -0.3 is 5.32 Å². The molecule has 0 amide bonds. The summed E-state index contributed by atoms with van der Waals surface area (Å²) in [6.07, 6.45) is 6.25. The Morgan fingerprint density at radius 2 is 1.52 bits per heavy atom. The molecule has 110 valence electrons. The summed E-state index contributed by atoms with van der Waals surface area (Å²) in [7, 11) is 0. The second-order valence-corrected chi connectivity index (χ2v) is 6.11. The Morgan fingerprint density at radius 1 is 0.857 bits per heavy atom. The zero-order valence-electron chi connectivity index (χ0n) is 12.9. The van der Waals surface area contributed by atoms with Gasteiger partial charge in [-0.05, 0) is 55.2 Å². The van der Waals surface area contributed by atoms with Crippen molar-refractivity contribution in [2.24, 2.45) is 0 Å². The van der Waals surface area contributed by atoms with Crippen LogP contribution in [0.3, 0.4) is 0 Å². The van der Waals surface area contributed by atoms with Crippen molar-refractivity contribution < 1.29 is 0 Å². The SMILES string of the molecule is CCc1ccccc1NC1CCC(c2ccccc2)CC1. The summed E-state index contributed by atoms with van der Waals surface area (Å²) < 4.78 is 0. The van der Waals surface area contributed by atoms with Crippen molar-refractivity contribution in [1.82, 2.24) is 0 Å². The molecule has 1 aliphatic rings. The zero-order valence-corrected chi connectivity index (χ0v) is 12.9. The largest absolute Gasteiger partial charge is 0.382 e. The zero-order chi connectivity index (χ0) is 14.5. The highest BCUT2D eigenvalue weighted by molar-refractivity contribution is 5.51. The minimum absolute atomic E-state index is 0.637. The maximum Gasteiger partial charge on any atom is 0.0374 e. The van der Waals surface area contributed by atoms with Gasteiger partial charge in [-0.25, -0.2) is 0 Å². The molecule has 0 aromatic heterocycles. The molecule has 21 heavy (non-hydrogen) atoms. The molecule has 3 rings (SSSR count). The van der Waals surface area contributed by atoms with Gasteiger partial charge in [-0.15, -0.1) is 0 Å². The van der Waals surface area contributed by atoms with E-state index in [1.54, 1.807) is 0 Å². The summed E-state index contributed by atoms with van der Waals surface area (Å²) in [6.45, 7) is 2.23. The lowest BCUT2D eigenvalue weighted by Gasteiger charge is -2.30. The molecule has 1 heteroatoms. The first-order valence-corrected chi connectivity index (χ1v) is 8.26. The third kappa shape index (κ3) is 3.47. The summed E-state index contributed by atoms with van der Waals surface area (Å²) in [4.78, 5) is 0. The average Bonchev–Trinajstić information content (AvgIpc) is 2.57. The molecule has 0 heterocycles. The number of aryl methyl sites for hydroxylation is 1. The van der Waals surface area contributed by atoms with Gasteiger partial charge in [0.25, 0.3) is 0 Å². The van der Waals surface area contributed by atoms with Gasteiger partial charge in [-0.1, -0.05) is 55.5 Å². The van der Waals surface area contributed by atoms with Gasteiger partial charge in [0.05, 0.1) is 0 Å². The molecule has 1 N–H and O–H groups in total. The molecule has 0 aliphatic heterocycles. The summed E-state index contributed by atoms with van der Waals surface area (Å²) in [5.41, 5.74) is 4.29. The van der Waals surface area contributed by atoms with Crippen LogP contribution in [0.2, 0.25) is 0 Å². The molecule has 2 aromatic rings. The molecule has 0 radical (unpaired) electrons. The molecule has 0 saturated heterocycles. The van der Waals surface area contributed by atoms with Gasteiger partial charge >= 0.3 is 0 Å². The summed E-state index contributed by atoms with van der Waals surface area (Å²) in [5.74, 6) is 0.755. The standard InChI is InChI=1S/C20H25N/c1-2-16-8-6-7-11-20(16)21-19-14-12-18(13-15-19)17-9-4-3-5-10-17/h3-11,18-19,21H,2,12-15H2,1H3. The Kier molecular flexibility index (Phi) is 4.59. The topological polar surface area (TPSA) is 12.0 Å². The predicted molar refractivity (Wildman–Crippen MR) is 90.9 cm³/mol. The second kappa shape index (κ2) is 6.80. The van der Waals surface area contributed by atoms with E-state index in [1.165, 1.54) is 42.5 Å². The second-order valence-electron chi connectivity index (χ2n) is 6.11. The van der Waals surface area contributed by atoms with Crippen LogP contribution in [0.5, 0.6) is 0 Å². The molecule has 1 nitrogen and oxygen atoms in total. The third-order valence-electron chi connectivity index (χ3n) is 4.76. The highest BCUT2D eigenvalue weighted by Gasteiger charge is 2.22. The van der Waals surface area contributed by atoms with E-state index in [0.29, 0.717) is 6.04 Å². The van der Waals surface area contributed by atoms with Crippen LogP contribution in [0, 0.1) is 0 Å². The Morgan fingerprint density at radius 3 is 2.24 bits per heavy atom. The fraction of sp³-hybridized carbons (Fsp3) is 0.400. The summed E-state index contributed by atoms with van der Waals surface area (Å²) in [5, 5.41) is 3.77. The van der Waals surface area contributed by atoms with E-state index in [9.17, 15) is 0 Å². The quantitative estimate of drug-likeness (QED) is 0.791. The Labute approximate surface area is 128 Å². The lowest BCUT2D eigenvalue weighted by molar-refractivity contribution is 0.412. The Hall–Kier alpha value is -1.76. The molecule has 0 unspecified atom stereocenters. The van der Waals surface area contributed by atoms with Crippen molar-refractivity contribution in [2.45, 2.75) is 51.0 Å². The normalized spacial score (nSPS) is 22.0. The smallest absolute Gasteiger partial charge is 0.0374 e. The monoisotopic (exact) mass is 279 g/mol. The van der Waals surface area contributed by atoms with Crippen LogP contribution in [-0.2, 0) is 6.42 Å². The number of anilines is 1. The maximum atomic E-state index is 3.77. The fourth-order valence-electron chi connectivity index (χ4n) is 3.49. The van der Waals surface area contributed by atoms with Gasteiger partial charge in [0, 0.05) is 11.7 Å². The van der Waals surface area contributed by atoms with Gasteiger partial charge in [0.1, 0.15) is 0 Å². The number of nitrogens with one attached hydrogen (secondary N) is 1. The molecule has 1 saturated carbocycles. The van der Waals surface area contributed by atoms with Crippen LogP contribution in [0.1, 0.15) is 49.7 Å². The van der Waals surface area contributed by atoms with Crippen molar-refractivity contribution in [3.63, 3.8) is 0 Å². The molecule has 0 atom stereocenters. The molecule has 1 aliphatic carbocycles. The van der Waals surface area contributed by atoms with Crippen molar-refractivity contribution in [3.05, 3.63) is 65.7 Å². The van der Waals surface area contributed by atoms with E-state index in [1.807, 2.05) is 0 Å².